The zero-order valence-corrected chi connectivity index (χ0v) is 10.9. The summed E-state index contributed by atoms with van der Waals surface area (Å²) in [6.07, 6.45) is 0.633. The molecule has 1 N–H and O–H groups in total. The van der Waals surface area contributed by atoms with E-state index in [0.29, 0.717) is 13.0 Å². The minimum atomic E-state index is 0.0709. The molecule has 0 aliphatic heterocycles. The molecule has 0 unspecified atom stereocenters. The number of carbonyl (C=O) groups excluding carboxylic acids is 1. The third-order valence-electron chi connectivity index (χ3n) is 2.39. The Bertz CT molecular complexity index is 347. The van der Waals surface area contributed by atoms with E-state index in [1.807, 2.05) is 37.8 Å². The highest BCUT2D eigenvalue weighted by atomic mass is 32.1. The minimum Gasteiger partial charge on any atom is -0.396 e. The van der Waals surface area contributed by atoms with Crippen molar-refractivity contribution < 1.29 is 9.90 Å². The summed E-state index contributed by atoms with van der Waals surface area (Å²) in [7, 11) is 0. The average molecular weight is 241 g/mol. The predicted octanol–water partition coefficient (Wildman–Crippen LogP) is 2.29. The Morgan fingerprint density at radius 1 is 1.50 bits per heavy atom. The molecule has 1 aromatic heterocycles. The van der Waals surface area contributed by atoms with Crippen molar-refractivity contribution in [3.63, 3.8) is 0 Å². The van der Waals surface area contributed by atoms with Crippen LogP contribution in [0, 0.1) is 6.92 Å². The number of rotatable bonds is 5. The molecule has 0 fully saturated rings. The van der Waals surface area contributed by atoms with Crippen LogP contribution in [0.4, 0.5) is 0 Å². The zero-order chi connectivity index (χ0) is 12.1. The number of amides is 1. The highest BCUT2D eigenvalue weighted by molar-refractivity contribution is 7.13. The summed E-state index contributed by atoms with van der Waals surface area (Å²) in [4.78, 5) is 15.9. The molecule has 0 aliphatic rings. The Kier molecular flexibility index (Phi) is 4.96. The van der Waals surface area contributed by atoms with Gasteiger partial charge in [0, 0.05) is 24.1 Å². The maximum absolute atomic E-state index is 12.2. The van der Waals surface area contributed by atoms with Crippen molar-refractivity contribution in [2.45, 2.75) is 33.2 Å². The predicted molar refractivity (Wildman–Crippen MR) is 66.9 cm³/mol. The van der Waals surface area contributed by atoms with Gasteiger partial charge in [-0.15, -0.1) is 11.3 Å². The van der Waals surface area contributed by atoms with Gasteiger partial charge in [0.15, 0.2) is 0 Å². The number of hydrogen-bond donors (Lipinski definition) is 1. The summed E-state index contributed by atoms with van der Waals surface area (Å²) in [6, 6.07) is 4.00. The number of thiophene rings is 1. The molecule has 3 nitrogen and oxygen atoms in total. The highest BCUT2D eigenvalue weighted by Gasteiger charge is 2.19. The van der Waals surface area contributed by atoms with Crippen LogP contribution >= 0.6 is 11.3 Å². The van der Waals surface area contributed by atoms with Gasteiger partial charge in [0.05, 0.1) is 4.88 Å². The number of aryl methyl sites for hydroxylation is 1. The summed E-state index contributed by atoms with van der Waals surface area (Å²) in [5.74, 6) is 0.0709. The number of nitrogens with zero attached hydrogens (tertiary/aromatic N) is 1. The van der Waals surface area contributed by atoms with Gasteiger partial charge in [-0.1, -0.05) is 0 Å². The number of aliphatic hydroxyl groups is 1. The lowest BCUT2D eigenvalue weighted by atomic mass is 10.2. The lowest BCUT2D eigenvalue weighted by Gasteiger charge is -2.25. The first-order chi connectivity index (χ1) is 7.56. The Balaban J connectivity index is 2.74. The van der Waals surface area contributed by atoms with E-state index in [1.54, 1.807) is 0 Å². The van der Waals surface area contributed by atoms with Crippen LogP contribution < -0.4 is 0 Å². The molecule has 0 bridgehead atoms. The Labute approximate surface area is 101 Å². The monoisotopic (exact) mass is 241 g/mol. The van der Waals surface area contributed by atoms with Gasteiger partial charge in [-0.05, 0) is 39.3 Å². The standard InChI is InChI=1S/C12H19NO2S/c1-9(2)13(7-4-8-14)12(15)11-6-5-10(3)16-11/h5-6,9,14H,4,7-8H2,1-3H3. The Hall–Kier alpha value is -0.870. The van der Waals surface area contributed by atoms with E-state index in [4.69, 9.17) is 5.11 Å². The van der Waals surface area contributed by atoms with E-state index in [1.165, 1.54) is 11.3 Å². The van der Waals surface area contributed by atoms with Crippen molar-refractivity contribution in [3.05, 3.63) is 21.9 Å². The fourth-order valence-electron chi connectivity index (χ4n) is 1.53. The Morgan fingerprint density at radius 3 is 2.62 bits per heavy atom. The summed E-state index contributed by atoms with van der Waals surface area (Å²) in [5, 5.41) is 8.82. The first kappa shape index (κ1) is 13.2. The van der Waals surface area contributed by atoms with Crippen LogP contribution in [0.15, 0.2) is 12.1 Å². The second kappa shape index (κ2) is 6.01. The van der Waals surface area contributed by atoms with Crippen molar-refractivity contribution in [1.82, 2.24) is 4.90 Å². The molecule has 1 rings (SSSR count). The van der Waals surface area contributed by atoms with E-state index in [0.717, 1.165) is 9.75 Å². The normalized spacial score (nSPS) is 10.8. The highest BCUT2D eigenvalue weighted by Crippen LogP contribution is 2.18. The largest absolute Gasteiger partial charge is 0.396 e. The van der Waals surface area contributed by atoms with Gasteiger partial charge in [-0.25, -0.2) is 0 Å². The molecule has 0 aliphatic carbocycles. The molecular weight excluding hydrogens is 222 g/mol. The zero-order valence-electron chi connectivity index (χ0n) is 10.1. The molecule has 1 aromatic rings. The SMILES string of the molecule is Cc1ccc(C(=O)N(CCCO)C(C)C)s1. The molecule has 4 heteroatoms. The molecule has 0 saturated heterocycles. The number of carbonyl (C=O) groups is 1. The van der Waals surface area contributed by atoms with Crippen molar-refractivity contribution >= 4 is 17.2 Å². The van der Waals surface area contributed by atoms with E-state index in [-0.39, 0.29) is 18.6 Å². The molecule has 0 aromatic carbocycles. The summed E-state index contributed by atoms with van der Waals surface area (Å²) in [6.45, 7) is 6.73. The van der Waals surface area contributed by atoms with E-state index >= 15 is 0 Å². The summed E-state index contributed by atoms with van der Waals surface area (Å²) in [5.41, 5.74) is 0. The van der Waals surface area contributed by atoms with Gasteiger partial charge in [-0.2, -0.15) is 0 Å². The third-order valence-corrected chi connectivity index (χ3v) is 3.38. The Morgan fingerprint density at radius 2 is 2.19 bits per heavy atom. The van der Waals surface area contributed by atoms with E-state index < -0.39 is 0 Å². The van der Waals surface area contributed by atoms with Crippen LogP contribution in [0.2, 0.25) is 0 Å². The van der Waals surface area contributed by atoms with Crippen LogP contribution in [0.5, 0.6) is 0 Å². The quantitative estimate of drug-likeness (QED) is 0.859. The third kappa shape index (κ3) is 3.32. The van der Waals surface area contributed by atoms with Gasteiger partial charge in [-0.3, -0.25) is 4.79 Å². The van der Waals surface area contributed by atoms with Crippen LogP contribution in [-0.4, -0.2) is 35.1 Å². The maximum Gasteiger partial charge on any atom is 0.264 e. The van der Waals surface area contributed by atoms with Crippen LogP contribution in [0.25, 0.3) is 0 Å². The van der Waals surface area contributed by atoms with Gasteiger partial charge in [0.25, 0.3) is 5.91 Å². The number of aliphatic hydroxyl groups excluding tert-OH is 1. The second-order valence-electron chi connectivity index (χ2n) is 4.08. The smallest absolute Gasteiger partial charge is 0.264 e. The number of hydrogen-bond acceptors (Lipinski definition) is 3. The van der Waals surface area contributed by atoms with Crippen molar-refractivity contribution in [1.29, 1.82) is 0 Å². The average Bonchev–Trinajstić information content (AvgIpc) is 2.64. The maximum atomic E-state index is 12.2. The minimum absolute atomic E-state index is 0.0709. The molecule has 16 heavy (non-hydrogen) atoms. The van der Waals surface area contributed by atoms with Crippen LogP contribution in [-0.2, 0) is 0 Å². The van der Waals surface area contributed by atoms with Gasteiger partial charge in [0.1, 0.15) is 0 Å². The fourth-order valence-corrected chi connectivity index (χ4v) is 2.35. The summed E-state index contributed by atoms with van der Waals surface area (Å²) < 4.78 is 0. The molecule has 0 saturated carbocycles. The molecular formula is C12H19NO2S. The van der Waals surface area contributed by atoms with Crippen molar-refractivity contribution in [3.8, 4) is 0 Å². The first-order valence-electron chi connectivity index (χ1n) is 5.54. The van der Waals surface area contributed by atoms with Gasteiger partial charge < -0.3 is 10.0 Å². The van der Waals surface area contributed by atoms with E-state index in [2.05, 4.69) is 0 Å². The molecule has 1 heterocycles. The molecule has 0 spiro atoms. The van der Waals surface area contributed by atoms with Crippen LogP contribution in [0.1, 0.15) is 34.8 Å². The fraction of sp³-hybridized carbons (Fsp3) is 0.583. The second-order valence-corrected chi connectivity index (χ2v) is 5.37. The lowest BCUT2D eigenvalue weighted by Crippen LogP contribution is -2.37. The van der Waals surface area contributed by atoms with Crippen molar-refractivity contribution in [2.75, 3.05) is 13.2 Å². The molecule has 90 valence electrons. The lowest BCUT2D eigenvalue weighted by molar-refractivity contribution is 0.0698. The van der Waals surface area contributed by atoms with Gasteiger partial charge in [0.2, 0.25) is 0 Å². The molecule has 0 radical (unpaired) electrons. The summed E-state index contributed by atoms with van der Waals surface area (Å²) >= 11 is 1.52. The van der Waals surface area contributed by atoms with Crippen LogP contribution in [0.3, 0.4) is 0 Å². The molecule has 0 atom stereocenters. The van der Waals surface area contributed by atoms with Gasteiger partial charge >= 0.3 is 0 Å². The van der Waals surface area contributed by atoms with Crippen molar-refractivity contribution in [2.24, 2.45) is 0 Å². The van der Waals surface area contributed by atoms with E-state index in [9.17, 15) is 4.79 Å². The topological polar surface area (TPSA) is 40.5 Å². The first-order valence-corrected chi connectivity index (χ1v) is 6.36. The molecule has 1 amide bonds.